The molecule has 0 aliphatic heterocycles. The molecule has 0 spiro atoms. The summed E-state index contributed by atoms with van der Waals surface area (Å²) in [6.45, 7) is 0.236. The van der Waals surface area contributed by atoms with Crippen molar-refractivity contribution in [1.29, 1.82) is 0 Å². The largest absolute Gasteiger partial charge is 0.312 e. The molecular formula is C16H15ClN2. The van der Waals surface area contributed by atoms with Crippen molar-refractivity contribution in [3.05, 3.63) is 77.9 Å². The van der Waals surface area contributed by atoms with E-state index in [1.54, 1.807) is 0 Å². The van der Waals surface area contributed by atoms with Crippen LogP contribution in [0.1, 0.15) is 11.1 Å². The fourth-order valence-electron chi connectivity index (χ4n) is 1.73. The summed E-state index contributed by atoms with van der Waals surface area (Å²) in [6, 6.07) is 19.7. The van der Waals surface area contributed by atoms with Gasteiger partial charge in [0.2, 0.25) is 0 Å². The van der Waals surface area contributed by atoms with Crippen LogP contribution in [-0.2, 0) is 0 Å². The smallest absolute Gasteiger partial charge is 0.0866 e. The Morgan fingerprint density at radius 1 is 0.947 bits per heavy atom. The second-order valence-corrected chi connectivity index (χ2v) is 4.36. The summed E-state index contributed by atoms with van der Waals surface area (Å²) in [5, 5.41) is 0.650. The van der Waals surface area contributed by atoms with Crippen molar-refractivity contribution in [1.82, 2.24) is 0 Å². The van der Waals surface area contributed by atoms with Crippen LogP contribution in [0.4, 0.5) is 0 Å². The first-order valence-electron chi connectivity index (χ1n) is 6.04. The number of nitrogens with zero attached hydrogens (tertiary/aromatic N) is 1. The molecule has 0 atom stereocenters. The Bertz CT molecular complexity index is 574. The maximum absolute atomic E-state index is 6.33. The van der Waals surface area contributed by atoms with Crippen LogP contribution in [-0.4, -0.2) is 12.4 Å². The summed E-state index contributed by atoms with van der Waals surface area (Å²) in [7, 11) is 0. The van der Waals surface area contributed by atoms with Gasteiger partial charge in [-0.1, -0.05) is 72.3 Å². The molecule has 19 heavy (non-hydrogen) atoms. The highest BCUT2D eigenvalue weighted by molar-refractivity contribution is 6.50. The summed E-state index contributed by atoms with van der Waals surface area (Å²) < 4.78 is 0. The molecule has 0 fully saturated rings. The number of halogens is 1. The van der Waals surface area contributed by atoms with Gasteiger partial charge in [-0.25, -0.2) is 0 Å². The average molecular weight is 271 g/mol. The van der Waals surface area contributed by atoms with Crippen LogP contribution in [0.2, 0.25) is 0 Å². The van der Waals surface area contributed by atoms with Crippen molar-refractivity contribution in [2.24, 2.45) is 10.7 Å². The maximum atomic E-state index is 6.33. The summed E-state index contributed by atoms with van der Waals surface area (Å²) in [4.78, 5) is 4.29. The van der Waals surface area contributed by atoms with Gasteiger partial charge in [-0.2, -0.15) is 0 Å². The van der Waals surface area contributed by atoms with Gasteiger partial charge in [0.15, 0.2) is 0 Å². The second kappa shape index (κ2) is 6.88. The number of benzene rings is 2. The Hall–Kier alpha value is -1.90. The number of rotatable bonds is 4. The molecule has 0 bridgehead atoms. The first-order chi connectivity index (χ1) is 9.31. The molecule has 0 unspecified atom stereocenters. The molecule has 0 radical (unpaired) electrons. The Labute approximate surface area is 118 Å². The van der Waals surface area contributed by atoms with Gasteiger partial charge in [0.05, 0.1) is 12.4 Å². The van der Waals surface area contributed by atoms with Gasteiger partial charge < -0.3 is 5.73 Å². The van der Waals surface area contributed by atoms with Crippen LogP contribution < -0.4 is 5.73 Å². The molecule has 0 saturated carbocycles. The fourth-order valence-corrected chi connectivity index (χ4v) is 1.96. The van der Waals surface area contributed by atoms with E-state index < -0.39 is 0 Å². The number of allylic oxidation sites excluding steroid dienone is 1. The molecule has 2 nitrogen and oxygen atoms in total. The Kier molecular flexibility index (Phi) is 4.90. The van der Waals surface area contributed by atoms with Gasteiger partial charge in [0.25, 0.3) is 0 Å². The lowest BCUT2D eigenvalue weighted by Crippen LogP contribution is -2.03. The predicted octanol–water partition coefficient (Wildman–Crippen LogP) is 3.67. The molecular weight excluding hydrogens is 256 g/mol. The minimum absolute atomic E-state index is 0.236. The highest BCUT2D eigenvalue weighted by Crippen LogP contribution is 2.19. The molecule has 0 heterocycles. The molecule has 0 aliphatic rings. The quantitative estimate of drug-likeness (QED) is 0.846. The van der Waals surface area contributed by atoms with Gasteiger partial charge in [0.1, 0.15) is 0 Å². The van der Waals surface area contributed by atoms with E-state index in [4.69, 9.17) is 17.3 Å². The van der Waals surface area contributed by atoms with E-state index in [1.165, 1.54) is 0 Å². The van der Waals surface area contributed by atoms with E-state index in [2.05, 4.69) is 4.99 Å². The second-order valence-electron chi connectivity index (χ2n) is 3.95. The number of hydrogen-bond donors (Lipinski definition) is 1. The zero-order valence-electron chi connectivity index (χ0n) is 10.5. The molecule has 3 heteroatoms. The first-order valence-corrected chi connectivity index (χ1v) is 6.41. The average Bonchev–Trinajstić information content (AvgIpc) is 2.48. The maximum Gasteiger partial charge on any atom is 0.0866 e. The highest BCUT2D eigenvalue weighted by atomic mass is 35.5. The molecule has 2 N–H and O–H groups in total. The molecule has 2 rings (SSSR count). The topological polar surface area (TPSA) is 38.4 Å². The van der Waals surface area contributed by atoms with E-state index in [-0.39, 0.29) is 6.67 Å². The van der Waals surface area contributed by atoms with Gasteiger partial charge >= 0.3 is 0 Å². The van der Waals surface area contributed by atoms with Crippen LogP contribution in [0, 0.1) is 0 Å². The monoisotopic (exact) mass is 270 g/mol. The van der Waals surface area contributed by atoms with Crippen molar-refractivity contribution in [2.45, 2.75) is 0 Å². The van der Waals surface area contributed by atoms with Crippen molar-refractivity contribution in [3.63, 3.8) is 0 Å². The summed E-state index contributed by atoms with van der Waals surface area (Å²) in [6.07, 6.45) is 1.85. The fraction of sp³-hybridized carbons (Fsp3) is 0.0625. The summed E-state index contributed by atoms with van der Waals surface area (Å²) in [5.41, 5.74) is 8.27. The zero-order chi connectivity index (χ0) is 13.5. The minimum Gasteiger partial charge on any atom is -0.312 e. The lowest BCUT2D eigenvalue weighted by molar-refractivity contribution is 1.07. The van der Waals surface area contributed by atoms with Crippen LogP contribution >= 0.6 is 11.6 Å². The molecule has 2 aromatic carbocycles. The molecule has 0 saturated heterocycles. The predicted molar refractivity (Wildman–Crippen MR) is 82.3 cm³/mol. The lowest BCUT2D eigenvalue weighted by atomic mass is 10.1. The van der Waals surface area contributed by atoms with Gasteiger partial charge in [0, 0.05) is 5.03 Å². The third-order valence-electron chi connectivity index (χ3n) is 2.64. The van der Waals surface area contributed by atoms with Crippen molar-refractivity contribution in [3.8, 4) is 0 Å². The zero-order valence-corrected chi connectivity index (χ0v) is 11.2. The van der Waals surface area contributed by atoms with Crippen molar-refractivity contribution in [2.75, 3.05) is 6.67 Å². The third-order valence-corrected chi connectivity index (χ3v) is 2.97. The Morgan fingerprint density at radius 3 is 2.00 bits per heavy atom. The Balaban J connectivity index is 2.35. The van der Waals surface area contributed by atoms with E-state index >= 15 is 0 Å². The molecule has 0 aromatic heterocycles. The van der Waals surface area contributed by atoms with E-state index in [0.29, 0.717) is 5.03 Å². The lowest BCUT2D eigenvalue weighted by Gasteiger charge is -2.04. The normalized spacial score (nSPS) is 12.5. The molecule has 96 valence electrons. The number of nitrogens with two attached hydrogens (primary N) is 1. The van der Waals surface area contributed by atoms with Crippen LogP contribution in [0.5, 0.6) is 0 Å². The molecule has 0 amide bonds. The van der Waals surface area contributed by atoms with Gasteiger partial charge in [-0.15, -0.1) is 0 Å². The van der Waals surface area contributed by atoms with Crippen LogP contribution in [0.3, 0.4) is 0 Å². The number of aliphatic imine (C=N–C) groups is 1. The first kappa shape index (κ1) is 13.5. The van der Waals surface area contributed by atoms with E-state index in [0.717, 1.165) is 16.8 Å². The van der Waals surface area contributed by atoms with Gasteiger partial charge in [-0.05, 0) is 17.2 Å². The van der Waals surface area contributed by atoms with Crippen molar-refractivity contribution < 1.29 is 0 Å². The number of hydrogen-bond acceptors (Lipinski definition) is 2. The third kappa shape index (κ3) is 3.78. The van der Waals surface area contributed by atoms with Crippen molar-refractivity contribution >= 4 is 22.3 Å². The SMILES string of the molecule is NC/N=C(\C=C(/Cl)c1ccccc1)c1ccccc1. The summed E-state index contributed by atoms with van der Waals surface area (Å²) in [5.74, 6) is 0. The molecule has 2 aromatic rings. The van der Waals surface area contributed by atoms with E-state index in [1.807, 2.05) is 66.7 Å². The van der Waals surface area contributed by atoms with Crippen LogP contribution in [0.15, 0.2) is 71.7 Å². The van der Waals surface area contributed by atoms with Gasteiger partial charge in [-0.3, -0.25) is 4.99 Å². The standard InChI is InChI=1S/C16H15ClN2/c17-15(13-7-3-1-4-8-13)11-16(19-12-18)14-9-5-2-6-10-14/h1-11H,12,18H2/b15-11-,19-16+. The Morgan fingerprint density at radius 2 is 1.47 bits per heavy atom. The van der Waals surface area contributed by atoms with Crippen LogP contribution in [0.25, 0.3) is 5.03 Å². The highest BCUT2D eigenvalue weighted by Gasteiger charge is 2.03. The minimum atomic E-state index is 0.236. The molecule has 0 aliphatic carbocycles. The summed E-state index contributed by atoms with van der Waals surface area (Å²) >= 11 is 6.33. The van der Waals surface area contributed by atoms with E-state index in [9.17, 15) is 0 Å².